The van der Waals surface area contributed by atoms with Gasteiger partial charge in [-0.15, -0.1) is 0 Å². The van der Waals surface area contributed by atoms with E-state index in [4.69, 9.17) is 10.5 Å². The van der Waals surface area contributed by atoms with E-state index in [1.165, 1.54) is 0 Å². The Morgan fingerprint density at radius 2 is 1.77 bits per heavy atom. The van der Waals surface area contributed by atoms with Crippen LogP contribution >= 0.6 is 0 Å². The zero-order valence-electron chi connectivity index (χ0n) is 17.6. The summed E-state index contributed by atoms with van der Waals surface area (Å²) in [6, 6.07) is 2.28. The Bertz CT molecular complexity index is 741. The van der Waals surface area contributed by atoms with Gasteiger partial charge in [0.05, 0.1) is 6.10 Å². The summed E-state index contributed by atoms with van der Waals surface area (Å²) in [5.74, 6) is -2.30. The lowest BCUT2D eigenvalue weighted by Gasteiger charge is -2.38. The zero-order chi connectivity index (χ0) is 22.5. The molecule has 2 rings (SSSR count). The van der Waals surface area contributed by atoms with E-state index in [9.17, 15) is 23.5 Å². The van der Waals surface area contributed by atoms with Gasteiger partial charge in [-0.05, 0) is 37.0 Å². The SMILES string of the molecule is CC(C)(C)C(=O)NC(=O)C1(NC[C@@H](O)[C@@H](N)Cc2cc(F)cc(F)c2)CCOCC1. The van der Waals surface area contributed by atoms with Crippen LogP contribution in [-0.4, -0.2) is 54.4 Å². The number of carbonyl (C=O) groups is 2. The summed E-state index contributed by atoms with van der Waals surface area (Å²) in [5.41, 5.74) is 4.52. The monoisotopic (exact) mass is 427 g/mol. The van der Waals surface area contributed by atoms with Gasteiger partial charge in [-0.1, -0.05) is 20.8 Å². The van der Waals surface area contributed by atoms with Crippen molar-refractivity contribution in [3.63, 3.8) is 0 Å². The maximum absolute atomic E-state index is 13.4. The Morgan fingerprint density at radius 1 is 1.20 bits per heavy atom. The normalized spacial score (nSPS) is 18.5. The number of β-amino-alcohol motifs (C(OH)–C–C–N with tert-alkyl or cyclic N) is 1. The number of ether oxygens (including phenoxy) is 1. The topological polar surface area (TPSA) is 114 Å². The number of rotatable bonds is 7. The Balaban J connectivity index is 2.02. The van der Waals surface area contributed by atoms with E-state index in [1.54, 1.807) is 20.8 Å². The molecule has 5 N–H and O–H groups in total. The van der Waals surface area contributed by atoms with Crippen LogP contribution in [0, 0.1) is 17.0 Å². The number of aliphatic hydroxyl groups excluding tert-OH is 1. The maximum atomic E-state index is 13.4. The van der Waals surface area contributed by atoms with Crippen LogP contribution in [0.3, 0.4) is 0 Å². The fraction of sp³-hybridized carbons (Fsp3) is 0.619. The number of amides is 2. The fourth-order valence-corrected chi connectivity index (χ4v) is 3.20. The molecule has 0 unspecified atom stereocenters. The molecule has 2 atom stereocenters. The summed E-state index contributed by atoms with van der Waals surface area (Å²) in [6.45, 7) is 5.74. The van der Waals surface area contributed by atoms with Crippen molar-refractivity contribution in [1.29, 1.82) is 0 Å². The van der Waals surface area contributed by atoms with Gasteiger partial charge in [0.15, 0.2) is 0 Å². The van der Waals surface area contributed by atoms with E-state index in [-0.39, 0.29) is 13.0 Å². The number of hydrogen-bond acceptors (Lipinski definition) is 6. The number of nitrogens with two attached hydrogens (primary N) is 1. The molecule has 0 spiro atoms. The van der Waals surface area contributed by atoms with Gasteiger partial charge < -0.3 is 20.9 Å². The summed E-state index contributed by atoms with van der Waals surface area (Å²) in [6.07, 6.45) is -0.370. The van der Waals surface area contributed by atoms with Crippen molar-refractivity contribution in [2.45, 2.75) is 57.7 Å². The third-order valence-electron chi connectivity index (χ3n) is 5.23. The molecule has 1 heterocycles. The van der Waals surface area contributed by atoms with E-state index >= 15 is 0 Å². The molecular weight excluding hydrogens is 396 g/mol. The minimum atomic E-state index is -1.08. The van der Waals surface area contributed by atoms with Crippen LogP contribution in [0.25, 0.3) is 0 Å². The second kappa shape index (κ2) is 9.91. The van der Waals surface area contributed by atoms with Crippen molar-refractivity contribution in [3.8, 4) is 0 Å². The number of hydrogen-bond donors (Lipinski definition) is 4. The lowest BCUT2D eigenvalue weighted by atomic mass is 9.87. The highest BCUT2D eigenvalue weighted by atomic mass is 19.1. The van der Waals surface area contributed by atoms with Gasteiger partial charge in [-0.25, -0.2) is 8.78 Å². The average Bonchev–Trinajstić information content (AvgIpc) is 2.65. The van der Waals surface area contributed by atoms with Gasteiger partial charge in [0.25, 0.3) is 0 Å². The van der Waals surface area contributed by atoms with Crippen LogP contribution in [0.5, 0.6) is 0 Å². The van der Waals surface area contributed by atoms with Crippen LogP contribution < -0.4 is 16.4 Å². The summed E-state index contributed by atoms with van der Waals surface area (Å²) in [4.78, 5) is 25.1. The number of benzene rings is 1. The Kier molecular flexibility index (Phi) is 8.04. The summed E-state index contributed by atoms with van der Waals surface area (Å²) in [7, 11) is 0. The third-order valence-corrected chi connectivity index (χ3v) is 5.23. The molecule has 1 aliphatic rings. The Morgan fingerprint density at radius 3 is 2.30 bits per heavy atom. The van der Waals surface area contributed by atoms with Gasteiger partial charge in [-0.3, -0.25) is 14.9 Å². The third kappa shape index (κ3) is 6.53. The van der Waals surface area contributed by atoms with Crippen molar-refractivity contribution in [2.75, 3.05) is 19.8 Å². The second-order valence-corrected chi connectivity index (χ2v) is 8.82. The molecule has 0 saturated carbocycles. The molecule has 1 aromatic carbocycles. The minimum Gasteiger partial charge on any atom is -0.390 e. The van der Waals surface area contributed by atoms with Crippen LogP contribution in [0.4, 0.5) is 8.78 Å². The molecule has 168 valence electrons. The number of halogens is 2. The first-order valence-corrected chi connectivity index (χ1v) is 10.0. The molecule has 1 aromatic rings. The number of aliphatic hydroxyl groups is 1. The van der Waals surface area contributed by atoms with Gasteiger partial charge >= 0.3 is 0 Å². The van der Waals surface area contributed by atoms with E-state index in [0.717, 1.165) is 18.2 Å². The van der Waals surface area contributed by atoms with E-state index in [0.29, 0.717) is 31.6 Å². The zero-order valence-corrected chi connectivity index (χ0v) is 17.6. The van der Waals surface area contributed by atoms with E-state index in [1.807, 2.05) is 0 Å². The molecule has 30 heavy (non-hydrogen) atoms. The Labute approximate surface area is 175 Å². The predicted molar refractivity (Wildman–Crippen MR) is 107 cm³/mol. The second-order valence-electron chi connectivity index (χ2n) is 8.82. The smallest absolute Gasteiger partial charge is 0.247 e. The molecule has 2 amide bonds. The first-order chi connectivity index (χ1) is 13.9. The number of nitrogens with one attached hydrogen (secondary N) is 2. The van der Waals surface area contributed by atoms with Crippen LogP contribution in [-0.2, 0) is 20.7 Å². The van der Waals surface area contributed by atoms with E-state index in [2.05, 4.69) is 10.6 Å². The number of carbonyl (C=O) groups excluding carboxylic acids is 2. The minimum absolute atomic E-state index is 0.0317. The summed E-state index contributed by atoms with van der Waals surface area (Å²) < 4.78 is 32.1. The summed E-state index contributed by atoms with van der Waals surface area (Å²) >= 11 is 0. The van der Waals surface area contributed by atoms with Crippen molar-refractivity contribution < 1.29 is 28.2 Å². The molecule has 0 aliphatic carbocycles. The number of imide groups is 1. The first kappa shape index (κ1) is 24.3. The van der Waals surface area contributed by atoms with Crippen molar-refractivity contribution >= 4 is 11.8 Å². The predicted octanol–water partition coefficient (Wildman–Crippen LogP) is 1.02. The fourth-order valence-electron chi connectivity index (χ4n) is 3.20. The van der Waals surface area contributed by atoms with Crippen LogP contribution in [0.15, 0.2) is 18.2 Å². The summed E-state index contributed by atoms with van der Waals surface area (Å²) in [5, 5.41) is 16.0. The first-order valence-electron chi connectivity index (χ1n) is 10.0. The highest BCUT2D eigenvalue weighted by Crippen LogP contribution is 2.23. The highest BCUT2D eigenvalue weighted by molar-refractivity contribution is 6.01. The molecule has 0 aromatic heterocycles. The van der Waals surface area contributed by atoms with Gasteiger partial charge in [-0.2, -0.15) is 0 Å². The molecular formula is C21H31F2N3O4. The van der Waals surface area contributed by atoms with Gasteiger partial charge in [0.1, 0.15) is 17.2 Å². The maximum Gasteiger partial charge on any atom is 0.247 e. The van der Waals surface area contributed by atoms with Crippen molar-refractivity contribution in [1.82, 2.24) is 10.6 Å². The molecule has 1 aliphatic heterocycles. The quantitative estimate of drug-likeness (QED) is 0.517. The van der Waals surface area contributed by atoms with Gasteiger partial charge in [0.2, 0.25) is 11.8 Å². The Hall–Kier alpha value is -1.94. The molecule has 7 nitrogen and oxygen atoms in total. The van der Waals surface area contributed by atoms with E-state index < -0.39 is 46.5 Å². The van der Waals surface area contributed by atoms with Gasteiger partial charge in [0, 0.05) is 37.3 Å². The lowest BCUT2D eigenvalue weighted by Crippen LogP contribution is -2.63. The molecule has 0 radical (unpaired) electrons. The lowest BCUT2D eigenvalue weighted by molar-refractivity contribution is -0.141. The molecule has 1 saturated heterocycles. The van der Waals surface area contributed by atoms with Crippen molar-refractivity contribution in [3.05, 3.63) is 35.4 Å². The largest absolute Gasteiger partial charge is 0.390 e. The average molecular weight is 427 g/mol. The standard InChI is InChI=1S/C21H31F2N3O4/c1-20(2,3)18(28)26-19(29)21(4-6-30-7-5-21)25-12-17(27)16(24)10-13-8-14(22)11-15(23)9-13/h8-9,11,16-17,25,27H,4-7,10,12,24H2,1-3H3,(H,26,28,29)/t16-,17+/m0/s1. The highest BCUT2D eigenvalue weighted by Gasteiger charge is 2.42. The molecule has 1 fully saturated rings. The van der Waals surface area contributed by atoms with Crippen LogP contribution in [0.2, 0.25) is 0 Å². The van der Waals surface area contributed by atoms with Crippen molar-refractivity contribution in [2.24, 2.45) is 11.1 Å². The molecule has 0 bridgehead atoms. The van der Waals surface area contributed by atoms with Crippen LogP contribution in [0.1, 0.15) is 39.2 Å². The molecule has 9 heteroatoms.